The normalized spacial score (nSPS) is 8.20. The lowest BCUT2D eigenvalue weighted by Gasteiger charge is -2.09. The van der Waals surface area contributed by atoms with Crippen LogP contribution in [0.3, 0.4) is 0 Å². The number of likely N-dealkylation sites (N-methyl/N-ethyl adjacent to an activating group) is 1. The number of Topliss-reactive ketones (excluding diaryl/α,β-unsaturated/α-hetero) is 1. The summed E-state index contributed by atoms with van der Waals surface area (Å²) < 4.78 is 0. The average molecular weight is 215 g/mol. The van der Waals surface area contributed by atoms with Gasteiger partial charge in [-0.3, -0.25) is 14.4 Å². The van der Waals surface area contributed by atoms with Crippen molar-refractivity contribution in [1.82, 2.24) is 4.90 Å². The number of carboxylic acids is 1. The lowest BCUT2D eigenvalue weighted by atomic mass is 10.3. The highest BCUT2D eigenvalue weighted by Gasteiger charge is 1.98. The van der Waals surface area contributed by atoms with E-state index in [2.05, 4.69) is 6.58 Å². The Balaban J connectivity index is 0. The molecule has 0 aromatic rings. The van der Waals surface area contributed by atoms with Gasteiger partial charge in [-0.25, -0.2) is 0 Å². The summed E-state index contributed by atoms with van der Waals surface area (Å²) in [5, 5.41) is 7.86. The molecule has 86 valence electrons. The molecule has 0 spiro atoms. The summed E-state index contributed by atoms with van der Waals surface area (Å²) in [7, 11) is 1.74. The maximum Gasteiger partial charge on any atom is 0.310 e. The number of aliphatic carboxylic acids is 1. The van der Waals surface area contributed by atoms with Crippen LogP contribution in [0.4, 0.5) is 0 Å². The molecular weight excluding hydrogens is 198 g/mol. The summed E-state index contributed by atoms with van der Waals surface area (Å²) in [6.07, 6.45) is 0.948. The van der Waals surface area contributed by atoms with Crippen LogP contribution in [0, 0.1) is 0 Å². The van der Waals surface area contributed by atoms with Crippen molar-refractivity contribution in [2.45, 2.75) is 20.3 Å². The molecule has 0 radical (unpaired) electrons. The Bertz CT molecular complexity index is 236. The van der Waals surface area contributed by atoms with Gasteiger partial charge in [-0.1, -0.05) is 6.58 Å². The molecule has 0 rings (SSSR count). The quantitative estimate of drug-likeness (QED) is 0.553. The summed E-state index contributed by atoms with van der Waals surface area (Å²) in [6, 6.07) is 0. The molecule has 0 aromatic heterocycles. The number of amides is 1. The van der Waals surface area contributed by atoms with Gasteiger partial charge in [0.25, 0.3) is 0 Å². The van der Waals surface area contributed by atoms with Crippen molar-refractivity contribution < 1.29 is 19.5 Å². The smallest absolute Gasteiger partial charge is 0.310 e. The number of ketones is 1. The molecule has 0 aliphatic heterocycles. The largest absolute Gasteiger partial charge is 0.481 e. The Labute approximate surface area is 89.4 Å². The van der Waals surface area contributed by atoms with Gasteiger partial charge in [0.1, 0.15) is 12.2 Å². The fraction of sp³-hybridized carbons (Fsp3) is 0.500. The second-order valence-electron chi connectivity index (χ2n) is 2.83. The second-order valence-corrected chi connectivity index (χ2v) is 2.83. The van der Waals surface area contributed by atoms with Gasteiger partial charge in [-0.15, -0.1) is 0 Å². The van der Waals surface area contributed by atoms with Crippen LogP contribution in [0.5, 0.6) is 0 Å². The third-order valence-electron chi connectivity index (χ3n) is 1.43. The first-order valence-electron chi connectivity index (χ1n) is 4.43. The van der Waals surface area contributed by atoms with Crippen LogP contribution in [0.15, 0.2) is 12.7 Å². The van der Waals surface area contributed by atoms with Gasteiger partial charge in [0.15, 0.2) is 0 Å². The van der Waals surface area contributed by atoms with Crippen LogP contribution in [0.2, 0.25) is 0 Å². The molecule has 15 heavy (non-hydrogen) atoms. The van der Waals surface area contributed by atoms with E-state index in [9.17, 15) is 14.4 Å². The molecule has 0 bridgehead atoms. The van der Waals surface area contributed by atoms with Gasteiger partial charge >= 0.3 is 5.97 Å². The van der Waals surface area contributed by atoms with Gasteiger partial charge in [-0.05, 0) is 19.9 Å². The SMILES string of the molecule is C=CC(=O)N(C)CC.CC(=O)CC(=O)O. The van der Waals surface area contributed by atoms with Crippen molar-refractivity contribution in [3.05, 3.63) is 12.7 Å². The minimum Gasteiger partial charge on any atom is -0.481 e. The van der Waals surface area contributed by atoms with Gasteiger partial charge in [0.05, 0.1) is 0 Å². The van der Waals surface area contributed by atoms with E-state index in [-0.39, 0.29) is 18.1 Å². The monoisotopic (exact) mass is 215 g/mol. The molecule has 1 N–H and O–H groups in total. The summed E-state index contributed by atoms with van der Waals surface area (Å²) in [6.45, 7) is 7.24. The lowest BCUT2D eigenvalue weighted by molar-refractivity contribution is -0.139. The first-order chi connectivity index (χ1) is 6.84. The molecule has 0 saturated carbocycles. The molecule has 1 amide bonds. The molecule has 0 aromatic carbocycles. The summed E-state index contributed by atoms with van der Waals surface area (Å²) in [5.74, 6) is -1.40. The minimum atomic E-state index is -1.06. The molecule has 0 saturated heterocycles. The maximum atomic E-state index is 10.6. The molecule has 0 aliphatic rings. The molecule has 5 nitrogen and oxygen atoms in total. The van der Waals surface area contributed by atoms with Gasteiger partial charge in [-0.2, -0.15) is 0 Å². The number of carboxylic acid groups (broad SMARTS) is 1. The van der Waals surface area contributed by atoms with Crippen LogP contribution >= 0.6 is 0 Å². The topological polar surface area (TPSA) is 74.7 Å². The summed E-state index contributed by atoms with van der Waals surface area (Å²) >= 11 is 0. The van der Waals surface area contributed by atoms with Crippen molar-refractivity contribution in [2.24, 2.45) is 0 Å². The molecular formula is C10H17NO4. The van der Waals surface area contributed by atoms with E-state index >= 15 is 0 Å². The molecule has 0 aliphatic carbocycles. The highest BCUT2D eigenvalue weighted by molar-refractivity contribution is 5.93. The van der Waals surface area contributed by atoms with E-state index in [0.29, 0.717) is 0 Å². The van der Waals surface area contributed by atoms with Crippen molar-refractivity contribution >= 4 is 17.7 Å². The Morgan fingerprint density at radius 3 is 1.93 bits per heavy atom. The lowest BCUT2D eigenvalue weighted by Crippen LogP contribution is -2.23. The molecule has 5 heteroatoms. The number of carbonyl (C=O) groups is 3. The van der Waals surface area contributed by atoms with Gasteiger partial charge < -0.3 is 10.0 Å². The Morgan fingerprint density at radius 1 is 1.40 bits per heavy atom. The standard InChI is InChI=1S/C6H11NO.C4H6O3/c1-4-6(8)7(3)5-2;1-3(5)2-4(6)7/h4H,1,5H2,2-3H3;2H2,1H3,(H,6,7). The van der Waals surface area contributed by atoms with Crippen LogP contribution in [-0.4, -0.2) is 41.3 Å². The summed E-state index contributed by atoms with van der Waals surface area (Å²) in [4.78, 5) is 31.6. The van der Waals surface area contributed by atoms with Crippen LogP contribution in [0.1, 0.15) is 20.3 Å². The van der Waals surface area contributed by atoms with E-state index < -0.39 is 5.97 Å². The number of nitrogens with zero attached hydrogens (tertiary/aromatic N) is 1. The predicted molar refractivity (Wildman–Crippen MR) is 56.4 cm³/mol. The minimum absolute atomic E-state index is 0.0208. The average Bonchev–Trinajstić information content (AvgIpc) is 2.14. The van der Waals surface area contributed by atoms with Crippen LogP contribution < -0.4 is 0 Å². The number of hydrogen-bond donors (Lipinski definition) is 1. The zero-order valence-corrected chi connectivity index (χ0v) is 9.32. The van der Waals surface area contributed by atoms with E-state index in [1.807, 2.05) is 6.92 Å². The summed E-state index contributed by atoms with van der Waals surface area (Å²) in [5.41, 5.74) is 0. The Morgan fingerprint density at radius 2 is 1.87 bits per heavy atom. The van der Waals surface area contributed by atoms with E-state index in [1.165, 1.54) is 13.0 Å². The number of hydrogen-bond acceptors (Lipinski definition) is 3. The van der Waals surface area contributed by atoms with Crippen molar-refractivity contribution in [1.29, 1.82) is 0 Å². The zero-order valence-electron chi connectivity index (χ0n) is 9.32. The van der Waals surface area contributed by atoms with Crippen LogP contribution in [0.25, 0.3) is 0 Å². The van der Waals surface area contributed by atoms with Crippen LogP contribution in [-0.2, 0) is 14.4 Å². The Kier molecular flexibility index (Phi) is 9.41. The first-order valence-corrected chi connectivity index (χ1v) is 4.43. The maximum absolute atomic E-state index is 10.6. The third-order valence-corrected chi connectivity index (χ3v) is 1.43. The second kappa shape index (κ2) is 8.93. The van der Waals surface area contributed by atoms with Crippen molar-refractivity contribution in [3.8, 4) is 0 Å². The predicted octanol–water partition coefficient (Wildman–Crippen LogP) is 0.701. The molecule has 0 heterocycles. The highest BCUT2D eigenvalue weighted by atomic mass is 16.4. The van der Waals surface area contributed by atoms with E-state index in [0.717, 1.165) is 6.54 Å². The molecule has 0 atom stereocenters. The van der Waals surface area contributed by atoms with E-state index in [4.69, 9.17) is 5.11 Å². The van der Waals surface area contributed by atoms with Gasteiger partial charge in [0, 0.05) is 13.6 Å². The molecule has 0 unspecified atom stereocenters. The highest BCUT2D eigenvalue weighted by Crippen LogP contribution is 1.81. The van der Waals surface area contributed by atoms with Gasteiger partial charge in [0.2, 0.25) is 5.91 Å². The van der Waals surface area contributed by atoms with Crippen molar-refractivity contribution in [2.75, 3.05) is 13.6 Å². The first kappa shape index (κ1) is 15.8. The fourth-order valence-electron chi connectivity index (χ4n) is 0.525. The third kappa shape index (κ3) is 12.4. The number of rotatable bonds is 4. The van der Waals surface area contributed by atoms with E-state index in [1.54, 1.807) is 11.9 Å². The number of carbonyl (C=O) groups excluding carboxylic acids is 2. The van der Waals surface area contributed by atoms with Crippen molar-refractivity contribution in [3.63, 3.8) is 0 Å². The Hall–Kier alpha value is -1.65. The fourth-order valence-corrected chi connectivity index (χ4v) is 0.525. The zero-order chi connectivity index (χ0) is 12.4. The molecule has 0 fully saturated rings.